The lowest BCUT2D eigenvalue weighted by molar-refractivity contribution is 0.409. The van der Waals surface area contributed by atoms with Crippen molar-refractivity contribution in [2.45, 2.75) is 13.0 Å². The fraction of sp³-hybridized carbons (Fsp3) is 0.333. The fourth-order valence-electron chi connectivity index (χ4n) is 1.16. The number of nitrogens with zero attached hydrogens (tertiary/aromatic N) is 2. The zero-order chi connectivity index (χ0) is 10.5. The molecule has 2 rings (SSSR count). The highest BCUT2D eigenvalue weighted by atomic mass is 79.9. The maximum Gasteiger partial charge on any atom is 0.213 e. The Morgan fingerprint density at radius 3 is 3.13 bits per heavy atom. The van der Waals surface area contributed by atoms with Crippen LogP contribution in [0.25, 0.3) is 0 Å². The molecule has 0 aliphatic rings. The highest BCUT2D eigenvalue weighted by molar-refractivity contribution is 9.10. The number of halogens is 1. The van der Waals surface area contributed by atoms with Crippen LogP contribution in [0.2, 0.25) is 0 Å². The summed E-state index contributed by atoms with van der Waals surface area (Å²) in [7, 11) is 0. The van der Waals surface area contributed by atoms with Gasteiger partial charge in [-0.05, 0) is 27.4 Å². The summed E-state index contributed by atoms with van der Waals surface area (Å²) in [5, 5.41) is 9.13. The molecule has 0 fully saturated rings. The molecule has 0 aliphatic carbocycles. The summed E-state index contributed by atoms with van der Waals surface area (Å²) in [5.74, 6) is 0.743. The van der Waals surface area contributed by atoms with Gasteiger partial charge in [-0.3, -0.25) is 0 Å². The minimum atomic E-state index is 0.743. The second-order valence-electron chi connectivity index (χ2n) is 2.97. The van der Waals surface area contributed by atoms with Gasteiger partial charge in [-0.1, -0.05) is 5.16 Å². The average Bonchev–Trinajstić information content (AvgIpc) is 2.85. The highest BCUT2D eigenvalue weighted by Crippen LogP contribution is 2.21. The van der Waals surface area contributed by atoms with Crippen LogP contribution in [0.3, 0.4) is 0 Å². The number of aromatic nitrogens is 2. The molecule has 0 saturated carbocycles. The van der Waals surface area contributed by atoms with Crippen LogP contribution >= 0.6 is 27.3 Å². The third kappa shape index (κ3) is 3.12. The van der Waals surface area contributed by atoms with Crippen molar-refractivity contribution in [2.24, 2.45) is 0 Å². The van der Waals surface area contributed by atoms with E-state index in [-0.39, 0.29) is 0 Å². The van der Waals surface area contributed by atoms with E-state index in [4.69, 9.17) is 0 Å². The number of nitrogens with one attached hydrogen (secondary N) is 1. The van der Waals surface area contributed by atoms with Gasteiger partial charge < -0.3 is 9.84 Å². The zero-order valence-corrected chi connectivity index (χ0v) is 10.3. The van der Waals surface area contributed by atoms with Crippen molar-refractivity contribution in [3.05, 3.63) is 33.0 Å². The first kappa shape index (κ1) is 10.8. The molecule has 0 aliphatic heterocycles. The second kappa shape index (κ2) is 5.39. The summed E-state index contributed by atoms with van der Waals surface area (Å²) >= 11 is 5.23. The Balaban J connectivity index is 1.70. The van der Waals surface area contributed by atoms with Crippen LogP contribution in [-0.2, 0) is 13.0 Å². The first-order chi connectivity index (χ1) is 7.36. The quantitative estimate of drug-likeness (QED) is 0.857. The molecular weight excluding hydrogens is 278 g/mol. The molecule has 6 heteroatoms. The minimum Gasteiger partial charge on any atom is -0.343 e. The van der Waals surface area contributed by atoms with Gasteiger partial charge in [0.1, 0.15) is 0 Å². The predicted molar refractivity (Wildman–Crippen MR) is 61.7 cm³/mol. The minimum absolute atomic E-state index is 0.743. The predicted octanol–water partition coefficient (Wildman–Crippen LogP) is 2.23. The summed E-state index contributed by atoms with van der Waals surface area (Å²) in [6.07, 6.45) is 2.14. The van der Waals surface area contributed by atoms with Crippen molar-refractivity contribution < 1.29 is 4.52 Å². The maximum atomic E-state index is 4.64. The van der Waals surface area contributed by atoms with E-state index >= 15 is 0 Å². The van der Waals surface area contributed by atoms with E-state index < -0.39 is 0 Å². The number of rotatable bonds is 5. The molecule has 0 unspecified atom stereocenters. The van der Waals surface area contributed by atoms with Gasteiger partial charge in [0.05, 0.1) is 0 Å². The molecule has 1 N–H and O–H groups in total. The second-order valence-corrected chi connectivity index (χ2v) is 4.82. The van der Waals surface area contributed by atoms with E-state index in [9.17, 15) is 0 Å². The molecular formula is C9H10BrN3OS. The van der Waals surface area contributed by atoms with Gasteiger partial charge in [-0.15, -0.1) is 11.3 Å². The van der Waals surface area contributed by atoms with Gasteiger partial charge in [0.15, 0.2) is 5.82 Å². The molecule has 80 valence electrons. The van der Waals surface area contributed by atoms with E-state index in [0.717, 1.165) is 25.3 Å². The summed E-state index contributed by atoms with van der Waals surface area (Å²) in [4.78, 5) is 5.25. The van der Waals surface area contributed by atoms with Crippen molar-refractivity contribution in [3.8, 4) is 0 Å². The lowest BCUT2D eigenvalue weighted by Gasteiger charge is -2.00. The number of hydrogen-bond donors (Lipinski definition) is 1. The Hall–Kier alpha value is -0.720. The number of thiophene rings is 1. The molecule has 15 heavy (non-hydrogen) atoms. The average molecular weight is 288 g/mol. The third-order valence-corrected chi connectivity index (χ3v) is 3.84. The van der Waals surface area contributed by atoms with Crippen LogP contribution in [0, 0.1) is 0 Å². The Kier molecular flexibility index (Phi) is 3.87. The third-order valence-electron chi connectivity index (χ3n) is 1.91. The Labute approximate surface area is 99.8 Å². The molecule has 0 bridgehead atoms. The van der Waals surface area contributed by atoms with Gasteiger partial charge in [0.25, 0.3) is 0 Å². The van der Waals surface area contributed by atoms with Crippen LogP contribution in [0.4, 0.5) is 0 Å². The van der Waals surface area contributed by atoms with E-state index in [1.54, 1.807) is 11.3 Å². The van der Waals surface area contributed by atoms with Gasteiger partial charge in [0, 0.05) is 28.9 Å². The van der Waals surface area contributed by atoms with Gasteiger partial charge in [0.2, 0.25) is 6.39 Å². The molecule has 0 saturated heterocycles. The fourth-order valence-corrected chi connectivity index (χ4v) is 2.62. The summed E-state index contributed by atoms with van der Waals surface area (Å²) < 4.78 is 5.81. The zero-order valence-electron chi connectivity index (χ0n) is 7.94. The monoisotopic (exact) mass is 287 g/mol. The number of hydrogen-bond acceptors (Lipinski definition) is 5. The van der Waals surface area contributed by atoms with E-state index in [0.29, 0.717) is 0 Å². The lowest BCUT2D eigenvalue weighted by Crippen LogP contribution is -2.16. The molecule has 4 nitrogen and oxygen atoms in total. The van der Waals surface area contributed by atoms with Crippen molar-refractivity contribution in [3.63, 3.8) is 0 Å². The van der Waals surface area contributed by atoms with Gasteiger partial charge in [-0.2, -0.15) is 4.98 Å². The molecule has 2 heterocycles. The first-order valence-corrected chi connectivity index (χ1v) is 6.21. The SMILES string of the molecule is Brc1ccsc1CNCCc1ncon1. The standard InChI is InChI=1S/C9H10BrN3OS/c10-7-2-4-15-8(7)5-11-3-1-9-12-6-14-13-9/h2,4,6,11H,1,3,5H2. The van der Waals surface area contributed by atoms with Crippen LogP contribution < -0.4 is 5.32 Å². The molecule has 0 radical (unpaired) electrons. The maximum absolute atomic E-state index is 4.64. The first-order valence-electron chi connectivity index (χ1n) is 4.54. The molecule has 0 aromatic carbocycles. The van der Waals surface area contributed by atoms with E-state index in [2.05, 4.69) is 47.4 Å². The molecule has 2 aromatic heterocycles. The lowest BCUT2D eigenvalue weighted by atomic mass is 10.4. The van der Waals surface area contributed by atoms with Crippen molar-refractivity contribution in [1.82, 2.24) is 15.5 Å². The highest BCUT2D eigenvalue weighted by Gasteiger charge is 2.01. The largest absolute Gasteiger partial charge is 0.343 e. The summed E-state index contributed by atoms with van der Waals surface area (Å²) in [5.41, 5.74) is 0. The van der Waals surface area contributed by atoms with Gasteiger partial charge >= 0.3 is 0 Å². The topological polar surface area (TPSA) is 51.0 Å². The normalized spacial score (nSPS) is 10.7. The molecule has 2 aromatic rings. The Morgan fingerprint density at radius 2 is 2.47 bits per heavy atom. The van der Waals surface area contributed by atoms with Crippen molar-refractivity contribution in [2.75, 3.05) is 6.54 Å². The van der Waals surface area contributed by atoms with Crippen LogP contribution in [0.1, 0.15) is 10.7 Å². The Morgan fingerprint density at radius 1 is 1.53 bits per heavy atom. The van der Waals surface area contributed by atoms with Crippen LogP contribution in [-0.4, -0.2) is 16.7 Å². The summed E-state index contributed by atoms with van der Waals surface area (Å²) in [6, 6.07) is 2.06. The van der Waals surface area contributed by atoms with Crippen molar-refractivity contribution in [1.29, 1.82) is 0 Å². The van der Waals surface area contributed by atoms with E-state index in [1.807, 2.05) is 0 Å². The van der Waals surface area contributed by atoms with Gasteiger partial charge in [-0.25, -0.2) is 0 Å². The Bertz CT molecular complexity index is 401. The van der Waals surface area contributed by atoms with Crippen LogP contribution in [0.15, 0.2) is 26.8 Å². The molecule has 0 atom stereocenters. The molecule has 0 amide bonds. The molecule has 0 spiro atoms. The van der Waals surface area contributed by atoms with Crippen molar-refractivity contribution >= 4 is 27.3 Å². The van der Waals surface area contributed by atoms with E-state index in [1.165, 1.54) is 15.7 Å². The smallest absolute Gasteiger partial charge is 0.213 e. The van der Waals surface area contributed by atoms with Crippen LogP contribution in [0.5, 0.6) is 0 Å². The summed E-state index contributed by atoms with van der Waals surface area (Å²) in [6.45, 7) is 1.72.